The highest BCUT2D eigenvalue weighted by molar-refractivity contribution is 5.83. The Labute approximate surface area is 78.1 Å². The first-order valence-electron chi connectivity index (χ1n) is 4.47. The average molecular weight is 171 g/mol. The van der Waals surface area contributed by atoms with Crippen LogP contribution in [0.4, 0.5) is 0 Å². The van der Waals surface area contributed by atoms with Crippen molar-refractivity contribution < 1.29 is 0 Å². The molecule has 0 bridgehead atoms. The molecule has 0 fully saturated rings. The van der Waals surface area contributed by atoms with Gasteiger partial charge < -0.3 is 4.98 Å². The maximum absolute atomic E-state index is 3.92. The summed E-state index contributed by atoms with van der Waals surface area (Å²) in [5.74, 6) is 0. The number of hydrogen-bond donors (Lipinski definition) is 1. The van der Waals surface area contributed by atoms with Crippen LogP contribution >= 0.6 is 0 Å². The van der Waals surface area contributed by atoms with E-state index in [-0.39, 0.29) is 0 Å². The normalized spacial score (nSPS) is 10.5. The maximum atomic E-state index is 3.92. The van der Waals surface area contributed by atoms with E-state index in [1.165, 1.54) is 22.0 Å². The van der Waals surface area contributed by atoms with Crippen LogP contribution in [0.2, 0.25) is 0 Å². The van der Waals surface area contributed by atoms with E-state index in [9.17, 15) is 0 Å². The first kappa shape index (κ1) is 8.11. The van der Waals surface area contributed by atoms with Gasteiger partial charge in [-0.05, 0) is 25.0 Å². The molecular formula is C12H13N. The van der Waals surface area contributed by atoms with Crippen molar-refractivity contribution in [3.63, 3.8) is 0 Å². The fraction of sp³-hybridized carbons (Fsp3) is 0.167. The standard InChI is InChI=1S/C12H13N/c1-9(2)7-10-8-13-12-6-4-3-5-11(10)12/h3-6,8,13H,1,7H2,2H3. The maximum Gasteiger partial charge on any atom is 0.0456 e. The Kier molecular flexibility index (Phi) is 1.93. The molecule has 0 radical (unpaired) electrons. The number of H-pyrrole nitrogens is 1. The monoisotopic (exact) mass is 171 g/mol. The van der Waals surface area contributed by atoms with Crippen LogP contribution < -0.4 is 0 Å². The van der Waals surface area contributed by atoms with Crippen LogP contribution in [0, 0.1) is 0 Å². The van der Waals surface area contributed by atoms with Crippen LogP contribution in [0.15, 0.2) is 42.6 Å². The molecule has 0 spiro atoms. The van der Waals surface area contributed by atoms with Crippen molar-refractivity contribution in [1.29, 1.82) is 0 Å². The molecule has 0 atom stereocenters. The first-order valence-corrected chi connectivity index (χ1v) is 4.47. The Bertz CT molecular complexity index is 437. The zero-order valence-corrected chi connectivity index (χ0v) is 7.80. The lowest BCUT2D eigenvalue weighted by Gasteiger charge is -1.96. The summed E-state index contributed by atoms with van der Waals surface area (Å²) in [5.41, 5.74) is 3.74. The van der Waals surface area contributed by atoms with Crippen molar-refractivity contribution in [3.05, 3.63) is 48.2 Å². The van der Waals surface area contributed by atoms with E-state index in [2.05, 4.69) is 42.9 Å². The minimum absolute atomic E-state index is 0.962. The van der Waals surface area contributed by atoms with Crippen molar-refractivity contribution in [1.82, 2.24) is 4.98 Å². The summed E-state index contributed by atoms with van der Waals surface area (Å²) in [6.45, 7) is 5.98. The van der Waals surface area contributed by atoms with Crippen molar-refractivity contribution >= 4 is 10.9 Å². The highest BCUT2D eigenvalue weighted by Gasteiger charge is 2.01. The Hall–Kier alpha value is -1.50. The summed E-state index contributed by atoms with van der Waals surface area (Å²) in [4.78, 5) is 3.25. The number of rotatable bonds is 2. The quantitative estimate of drug-likeness (QED) is 0.667. The molecule has 1 heteroatoms. The molecular weight excluding hydrogens is 158 g/mol. The van der Waals surface area contributed by atoms with Crippen LogP contribution in [0.25, 0.3) is 10.9 Å². The number of allylic oxidation sites excluding steroid dienone is 1. The minimum Gasteiger partial charge on any atom is -0.361 e. The average Bonchev–Trinajstić information content (AvgIpc) is 2.48. The summed E-state index contributed by atoms with van der Waals surface area (Å²) >= 11 is 0. The Balaban J connectivity index is 2.51. The number of benzene rings is 1. The summed E-state index contributed by atoms with van der Waals surface area (Å²) in [5, 5.41) is 1.31. The molecule has 1 heterocycles. The van der Waals surface area contributed by atoms with Gasteiger partial charge in [-0.25, -0.2) is 0 Å². The number of aromatic nitrogens is 1. The van der Waals surface area contributed by atoms with Crippen LogP contribution in [0.3, 0.4) is 0 Å². The van der Waals surface area contributed by atoms with Crippen molar-refractivity contribution in [2.24, 2.45) is 0 Å². The molecule has 2 aromatic rings. The summed E-state index contributed by atoms with van der Waals surface area (Å²) in [6, 6.07) is 8.35. The highest BCUT2D eigenvalue weighted by Crippen LogP contribution is 2.19. The number of aromatic amines is 1. The third-order valence-corrected chi connectivity index (χ3v) is 2.17. The minimum atomic E-state index is 0.962. The van der Waals surface area contributed by atoms with Gasteiger partial charge in [-0.3, -0.25) is 0 Å². The van der Waals surface area contributed by atoms with Crippen LogP contribution in [0.1, 0.15) is 12.5 Å². The molecule has 13 heavy (non-hydrogen) atoms. The lowest BCUT2D eigenvalue weighted by atomic mass is 10.1. The third-order valence-electron chi connectivity index (χ3n) is 2.17. The predicted octanol–water partition coefficient (Wildman–Crippen LogP) is 3.29. The van der Waals surface area contributed by atoms with Gasteiger partial charge in [-0.1, -0.05) is 30.4 Å². The molecule has 1 aromatic carbocycles. The van der Waals surface area contributed by atoms with Gasteiger partial charge in [-0.15, -0.1) is 0 Å². The molecule has 0 amide bonds. The largest absolute Gasteiger partial charge is 0.361 e. The lowest BCUT2D eigenvalue weighted by molar-refractivity contribution is 1.17. The summed E-state index contributed by atoms with van der Waals surface area (Å²) in [6.07, 6.45) is 3.03. The van der Waals surface area contributed by atoms with E-state index in [0.717, 1.165) is 6.42 Å². The van der Waals surface area contributed by atoms with E-state index in [4.69, 9.17) is 0 Å². The second kappa shape index (κ2) is 3.09. The van der Waals surface area contributed by atoms with Crippen LogP contribution in [0.5, 0.6) is 0 Å². The SMILES string of the molecule is C=C(C)Cc1c[nH]c2ccccc12. The van der Waals surface area contributed by atoms with Crippen LogP contribution in [-0.2, 0) is 6.42 Å². The van der Waals surface area contributed by atoms with E-state index >= 15 is 0 Å². The topological polar surface area (TPSA) is 15.8 Å². The molecule has 0 unspecified atom stereocenters. The molecule has 1 aromatic heterocycles. The van der Waals surface area contributed by atoms with Gasteiger partial charge in [0.25, 0.3) is 0 Å². The molecule has 0 aliphatic carbocycles. The van der Waals surface area contributed by atoms with Gasteiger partial charge in [0.2, 0.25) is 0 Å². The number of fused-ring (bicyclic) bond motifs is 1. The Morgan fingerprint density at radius 1 is 1.38 bits per heavy atom. The molecule has 66 valence electrons. The molecule has 0 saturated carbocycles. The first-order chi connectivity index (χ1) is 6.27. The third kappa shape index (κ3) is 1.50. The van der Waals surface area contributed by atoms with Gasteiger partial charge in [0, 0.05) is 17.1 Å². The van der Waals surface area contributed by atoms with Crippen molar-refractivity contribution in [2.75, 3.05) is 0 Å². The summed E-state index contributed by atoms with van der Waals surface area (Å²) in [7, 11) is 0. The lowest BCUT2D eigenvalue weighted by Crippen LogP contribution is -1.81. The van der Waals surface area contributed by atoms with Crippen LogP contribution in [-0.4, -0.2) is 4.98 Å². The second-order valence-corrected chi connectivity index (χ2v) is 3.49. The van der Waals surface area contributed by atoms with E-state index in [0.29, 0.717) is 0 Å². The smallest absolute Gasteiger partial charge is 0.0456 e. The van der Waals surface area contributed by atoms with Gasteiger partial charge in [-0.2, -0.15) is 0 Å². The Morgan fingerprint density at radius 3 is 2.92 bits per heavy atom. The summed E-state index contributed by atoms with van der Waals surface area (Å²) < 4.78 is 0. The fourth-order valence-electron chi connectivity index (χ4n) is 1.60. The fourth-order valence-corrected chi connectivity index (χ4v) is 1.60. The van der Waals surface area contributed by atoms with Gasteiger partial charge in [0.05, 0.1) is 0 Å². The highest BCUT2D eigenvalue weighted by atomic mass is 14.7. The van der Waals surface area contributed by atoms with Gasteiger partial charge in [0.15, 0.2) is 0 Å². The van der Waals surface area contributed by atoms with Gasteiger partial charge >= 0.3 is 0 Å². The van der Waals surface area contributed by atoms with E-state index in [1.54, 1.807) is 0 Å². The zero-order valence-electron chi connectivity index (χ0n) is 7.80. The molecule has 1 N–H and O–H groups in total. The number of hydrogen-bond acceptors (Lipinski definition) is 0. The Morgan fingerprint density at radius 2 is 2.15 bits per heavy atom. The zero-order chi connectivity index (χ0) is 9.26. The van der Waals surface area contributed by atoms with Crippen molar-refractivity contribution in [2.45, 2.75) is 13.3 Å². The number of para-hydroxylation sites is 1. The van der Waals surface area contributed by atoms with Gasteiger partial charge in [0.1, 0.15) is 0 Å². The van der Waals surface area contributed by atoms with E-state index in [1.807, 2.05) is 6.07 Å². The van der Waals surface area contributed by atoms with Crippen molar-refractivity contribution in [3.8, 4) is 0 Å². The molecule has 0 aliphatic rings. The second-order valence-electron chi connectivity index (χ2n) is 3.49. The molecule has 1 nitrogen and oxygen atoms in total. The molecule has 2 rings (SSSR count). The predicted molar refractivity (Wildman–Crippen MR) is 56.8 cm³/mol. The van der Waals surface area contributed by atoms with E-state index < -0.39 is 0 Å². The number of nitrogens with one attached hydrogen (secondary N) is 1. The molecule has 0 aliphatic heterocycles. The molecule has 0 saturated heterocycles.